The zero-order valence-electron chi connectivity index (χ0n) is 14.7. The third-order valence-corrected chi connectivity index (χ3v) is 5.27. The van der Waals surface area contributed by atoms with Crippen LogP contribution in [0.1, 0.15) is 16.0 Å². The molecule has 2 aromatic carbocycles. The monoisotopic (exact) mass is 385 g/mol. The van der Waals surface area contributed by atoms with E-state index in [0.717, 1.165) is 21.8 Å². The van der Waals surface area contributed by atoms with Crippen LogP contribution < -0.4 is 9.64 Å². The van der Waals surface area contributed by atoms with Crippen LogP contribution in [0.25, 0.3) is 0 Å². The average molecular weight is 386 g/mol. The number of nitrogens with zero attached hydrogens (tertiary/aromatic N) is 1. The predicted octanol–water partition coefficient (Wildman–Crippen LogP) is 5.63. The Balaban J connectivity index is 1.82. The molecule has 1 amide bonds. The maximum Gasteiger partial charge on any atom is 0.265 e. The number of aryl methyl sites for hydroxylation is 2. The highest BCUT2D eigenvalue weighted by atomic mass is 35.5. The summed E-state index contributed by atoms with van der Waals surface area (Å²) < 4.78 is 5.86. The fraction of sp³-hybridized carbons (Fsp3) is 0.190. The summed E-state index contributed by atoms with van der Waals surface area (Å²) in [6.45, 7) is 4.38. The summed E-state index contributed by atoms with van der Waals surface area (Å²) in [6.07, 6.45) is 0. The van der Waals surface area contributed by atoms with Crippen molar-refractivity contribution in [3.8, 4) is 5.75 Å². The topological polar surface area (TPSA) is 29.5 Å². The number of carbonyl (C=O) groups excluding carboxylic acids is 1. The Bertz CT molecular complexity index is 873. The summed E-state index contributed by atoms with van der Waals surface area (Å²) in [5, 5.41) is 2.54. The maximum atomic E-state index is 13.0. The van der Waals surface area contributed by atoms with Crippen molar-refractivity contribution in [1.82, 2.24) is 0 Å². The van der Waals surface area contributed by atoms with Gasteiger partial charge >= 0.3 is 0 Å². The second-order valence-corrected chi connectivity index (χ2v) is 7.46. The first-order chi connectivity index (χ1) is 12.6. The van der Waals surface area contributed by atoms with Crippen LogP contribution in [0.2, 0.25) is 5.02 Å². The Morgan fingerprint density at radius 2 is 1.77 bits per heavy atom. The van der Waals surface area contributed by atoms with Gasteiger partial charge in [-0.05, 0) is 48.6 Å². The Morgan fingerprint density at radius 1 is 1.04 bits per heavy atom. The predicted molar refractivity (Wildman–Crippen MR) is 108 cm³/mol. The van der Waals surface area contributed by atoms with Crippen LogP contribution in [0.15, 0.2) is 60.0 Å². The molecule has 5 heteroatoms. The second kappa shape index (κ2) is 8.39. The average Bonchev–Trinajstić information content (AvgIpc) is 3.13. The molecule has 3 nitrogen and oxygen atoms in total. The highest BCUT2D eigenvalue weighted by molar-refractivity contribution is 7.09. The molecule has 0 N–H and O–H groups in total. The number of rotatable bonds is 6. The van der Waals surface area contributed by atoms with Gasteiger partial charge in [-0.15, -0.1) is 11.3 Å². The van der Waals surface area contributed by atoms with Gasteiger partial charge < -0.3 is 9.64 Å². The molecule has 0 spiro atoms. The fourth-order valence-electron chi connectivity index (χ4n) is 2.78. The highest BCUT2D eigenvalue weighted by Crippen LogP contribution is 2.28. The lowest BCUT2D eigenvalue weighted by Crippen LogP contribution is -2.34. The first kappa shape index (κ1) is 18.5. The van der Waals surface area contributed by atoms with Crippen molar-refractivity contribution < 1.29 is 9.53 Å². The molecule has 0 radical (unpaired) electrons. The van der Waals surface area contributed by atoms with Crippen molar-refractivity contribution in [1.29, 1.82) is 0 Å². The molecule has 3 aromatic rings. The zero-order chi connectivity index (χ0) is 18.5. The minimum absolute atomic E-state index is 0.0394. The summed E-state index contributed by atoms with van der Waals surface area (Å²) >= 11 is 7.95. The highest BCUT2D eigenvalue weighted by Gasteiger charge is 2.20. The minimum atomic E-state index is -0.130. The van der Waals surface area contributed by atoms with E-state index in [2.05, 4.69) is 0 Å². The number of hydrogen-bond donors (Lipinski definition) is 0. The van der Waals surface area contributed by atoms with Crippen LogP contribution in [0.3, 0.4) is 0 Å². The quantitative estimate of drug-likeness (QED) is 0.550. The molecule has 0 aliphatic heterocycles. The van der Waals surface area contributed by atoms with E-state index in [4.69, 9.17) is 16.3 Å². The zero-order valence-corrected chi connectivity index (χ0v) is 16.3. The molecule has 1 aromatic heterocycles. The molecular weight excluding hydrogens is 366 g/mol. The molecule has 1 heterocycles. The van der Waals surface area contributed by atoms with Crippen LogP contribution >= 0.6 is 22.9 Å². The van der Waals surface area contributed by atoms with Crippen LogP contribution in [-0.2, 0) is 11.3 Å². The molecule has 0 saturated carbocycles. The van der Waals surface area contributed by atoms with Gasteiger partial charge in [-0.1, -0.05) is 48.0 Å². The molecular formula is C21H20ClNO2S. The van der Waals surface area contributed by atoms with Crippen molar-refractivity contribution in [2.45, 2.75) is 20.4 Å². The number of amides is 1. The number of para-hydroxylation sites is 2. The molecule has 0 saturated heterocycles. The lowest BCUT2D eigenvalue weighted by molar-refractivity contribution is -0.120. The molecule has 0 atom stereocenters. The summed E-state index contributed by atoms with van der Waals surface area (Å²) in [5.41, 5.74) is 2.72. The van der Waals surface area contributed by atoms with E-state index in [1.165, 1.54) is 0 Å². The summed E-state index contributed by atoms with van der Waals surface area (Å²) in [5.74, 6) is 0.630. The van der Waals surface area contributed by atoms with Gasteiger partial charge in [0.05, 0.1) is 17.3 Å². The Morgan fingerprint density at radius 3 is 2.42 bits per heavy atom. The number of anilines is 1. The van der Waals surface area contributed by atoms with Crippen molar-refractivity contribution in [3.63, 3.8) is 0 Å². The molecule has 0 fully saturated rings. The molecule has 0 aliphatic carbocycles. The van der Waals surface area contributed by atoms with Gasteiger partial charge in [0, 0.05) is 4.88 Å². The molecule has 3 rings (SSSR count). The van der Waals surface area contributed by atoms with Gasteiger partial charge in [-0.3, -0.25) is 4.79 Å². The normalized spacial score (nSPS) is 10.6. The molecule has 0 bridgehead atoms. The van der Waals surface area contributed by atoms with E-state index >= 15 is 0 Å². The van der Waals surface area contributed by atoms with Gasteiger partial charge in [0.25, 0.3) is 5.91 Å². The van der Waals surface area contributed by atoms with Gasteiger partial charge in [-0.2, -0.15) is 0 Å². The Hall–Kier alpha value is -2.30. The number of ether oxygens (including phenoxy) is 1. The largest absolute Gasteiger partial charge is 0.483 e. The van der Waals surface area contributed by atoms with Crippen molar-refractivity contribution in [2.24, 2.45) is 0 Å². The van der Waals surface area contributed by atoms with Crippen molar-refractivity contribution in [2.75, 3.05) is 11.5 Å². The van der Waals surface area contributed by atoms with Crippen molar-refractivity contribution >= 4 is 34.5 Å². The number of benzene rings is 2. The third-order valence-electron chi connectivity index (χ3n) is 4.09. The van der Waals surface area contributed by atoms with Crippen molar-refractivity contribution in [3.05, 3.63) is 81.0 Å². The first-order valence-corrected chi connectivity index (χ1v) is 9.58. The van der Waals surface area contributed by atoms with Gasteiger partial charge in [0.1, 0.15) is 5.75 Å². The summed E-state index contributed by atoms with van der Waals surface area (Å²) in [6, 6.07) is 17.3. The number of hydrogen-bond acceptors (Lipinski definition) is 3. The Labute approximate surface area is 162 Å². The minimum Gasteiger partial charge on any atom is -0.483 e. The number of halogens is 1. The van der Waals surface area contributed by atoms with E-state index in [0.29, 0.717) is 17.3 Å². The Kier molecular flexibility index (Phi) is 5.96. The van der Waals surface area contributed by atoms with Crippen LogP contribution in [0.4, 0.5) is 5.69 Å². The first-order valence-electron chi connectivity index (χ1n) is 8.32. The SMILES string of the molecule is Cc1cccc(C)c1OCC(=O)N(Cc1cccs1)c1ccccc1Cl. The number of carbonyl (C=O) groups is 1. The van der Waals surface area contributed by atoms with Gasteiger partial charge in [0.2, 0.25) is 0 Å². The van der Waals surface area contributed by atoms with Crippen LogP contribution in [0.5, 0.6) is 5.75 Å². The third kappa shape index (κ3) is 4.26. The molecule has 0 unspecified atom stereocenters. The lowest BCUT2D eigenvalue weighted by Gasteiger charge is -2.24. The van der Waals surface area contributed by atoms with E-state index < -0.39 is 0 Å². The summed E-state index contributed by atoms with van der Waals surface area (Å²) in [7, 11) is 0. The molecule has 134 valence electrons. The van der Waals surface area contributed by atoms with E-state index in [-0.39, 0.29) is 12.5 Å². The molecule has 26 heavy (non-hydrogen) atoms. The van der Waals surface area contributed by atoms with Crippen LogP contribution in [0, 0.1) is 13.8 Å². The maximum absolute atomic E-state index is 13.0. The standard InChI is InChI=1S/C21H20ClNO2S/c1-15-7-5-8-16(2)21(15)25-14-20(24)23(13-17-9-6-12-26-17)19-11-4-3-10-18(19)22/h3-12H,13-14H2,1-2H3. The number of thiophene rings is 1. The smallest absolute Gasteiger partial charge is 0.265 e. The van der Waals surface area contributed by atoms with Gasteiger partial charge in [-0.25, -0.2) is 0 Å². The molecule has 0 aliphatic rings. The van der Waals surface area contributed by atoms with E-state index in [9.17, 15) is 4.79 Å². The summed E-state index contributed by atoms with van der Waals surface area (Å²) in [4.78, 5) is 15.7. The van der Waals surface area contributed by atoms with Crippen LogP contribution in [-0.4, -0.2) is 12.5 Å². The second-order valence-electron chi connectivity index (χ2n) is 6.02. The van der Waals surface area contributed by atoms with E-state index in [1.807, 2.05) is 67.8 Å². The van der Waals surface area contributed by atoms with E-state index in [1.54, 1.807) is 22.3 Å². The fourth-order valence-corrected chi connectivity index (χ4v) is 3.71. The van der Waals surface area contributed by atoms with Gasteiger partial charge in [0.15, 0.2) is 6.61 Å². The lowest BCUT2D eigenvalue weighted by atomic mass is 10.1.